The van der Waals surface area contributed by atoms with Crippen LogP contribution in [0, 0.1) is 6.92 Å². The number of nitrogens with one attached hydrogen (secondary N) is 2. The van der Waals surface area contributed by atoms with Gasteiger partial charge in [-0.05, 0) is 78.6 Å². The van der Waals surface area contributed by atoms with Crippen molar-refractivity contribution in [1.29, 1.82) is 0 Å². The van der Waals surface area contributed by atoms with Gasteiger partial charge in [0, 0.05) is 17.8 Å². The van der Waals surface area contributed by atoms with Crippen molar-refractivity contribution in [3.63, 3.8) is 0 Å². The van der Waals surface area contributed by atoms with Crippen molar-refractivity contribution in [2.75, 3.05) is 5.75 Å². The molecule has 32 heavy (non-hydrogen) atoms. The number of alkyl carbamates (subject to hydrolysis) is 1. The van der Waals surface area contributed by atoms with Crippen LogP contribution >= 0.6 is 12.6 Å². The largest absolute Gasteiger partial charge is 0.508 e. The molecule has 3 N–H and O–H groups in total. The van der Waals surface area contributed by atoms with Crippen LogP contribution in [0.1, 0.15) is 65.6 Å². The van der Waals surface area contributed by atoms with Gasteiger partial charge in [-0.3, -0.25) is 9.59 Å². The monoisotopic (exact) mass is 467 g/mol. The zero-order chi connectivity index (χ0) is 24.8. The van der Waals surface area contributed by atoms with Crippen LogP contribution in [0.2, 0.25) is 0 Å². The average Bonchev–Trinajstić information content (AvgIpc) is 2.63. The van der Waals surface area contributed by atoms with E-state index >= 15 is 0 Å². The molecule has 8 nitrogen and oxygen atoms in total. The van der Waals surface area contributed by atoms with E-state index in [2.05, 4.69) is 23.3 Å². The molecule has 9 heteroatoms. The summed E-state index contributed by atoms with van der Waals surface area (Å²) in [5.74, 6) is -0.703. The van der Waals surface area contributed by atoms with Crippen molar-refractivity contribution in [2.24, 2.45) is 0 Å². The number of phenols is 1. The van der Waals surface area contributed by atoms with Gasteiger partial charge in [-0.25, -0.2) is 4.79 Å². The number of hydrogen-bond donors (Lipinski definition) is 4. The van der Waals surface area contributed by atoms with E-state index < -0.39 is 29.7 Å². The van der Waals surface area contributed by atoms with Gasteiger partial charge in [-0.15, -0.1) is 0 Å². The molecule has 180 valence electrons. The molecular weight excluding hydrogens is 430 g/mol. The van der Waals surface area contributed by atoms with Crippen molar-refractivity contribution < 1.29 is 24.2 Å². The number of phenolic OH excluding ortho intramolecular Hbond substituents is 1. The highest BCUT2D eigenvalue weighted by Crippen LogP contribution is 2.28. The lowest BCUT2D eigenvalue weighted by molar-refractivity contribution is -0.144. The lowest BCUT2D eigenvalue weighted by Gasteiger charge is -2.37. The second-order valence-electron chi connectivity index (χ2n) is 9.33. The van der Waals surface area contributed by atoms with Crippen LogP contribution in [0.4, 0.5) is 4.79 Å². The van der Waals surface area contributed by atoms with Crippen molar-refractivity contribution >= 4 is 30.5 Å². The van der Waals surface area contributed by atoms with E-state index in [-0.39, 0.29) is 29.5 Å². The first-order chi connectivity index (χ1) is 14.7. The van der Waals surface area contributed by atoms with Gasteiger partial charge < -0.3 is 25.4 Å². The summed E-state index contributed by atoms with van der Waals surface area (Å²) in [6, 6.07) is 2.31. The Morgan fingerprint density at radius 2 is 1.72 bits per heavy atom. The molecule has 0 spiro atoms. The molecule has 1 rings (SSSR count). The van der Waals surface area contributed by atoms with Crippen LogP contribution < -0.4 is 10.6 Å². The Bertz CT molecular complexity index is 820. The fraction of sp³-hybridized carbons (Fsp3) is 0.609. The fourth-order valence-corrected chi connectivity index (χ4v) is 3.39. The Morgan fingerprint density at radius 3 is 2.16 bits per heavy atom. The van der Waals surface area contributed by atoms with Crippen LogP contribution in [-0.4, -0.2) is 57.4 Å². The van der Waals surface area contributed by atoms with E-state index in [4.69, 9.17) is 4.74 Å². The van der Waals surface area contributed by atoms with E-state index in [0.29, 0.717) is 11.1 Å². The number of ether oxygens (including phenoxy) is 1. The van der Waals surface area contributed by atoms with Gasteiger partial charge >= 0.3 is 6.09 Å². The summed E-state index contributed by atoms with van der Waals surface area (Å²) in [7, 11) is 0. The molecule has 0 saturated carbocycles. The number of aryl methyl sites for hydroxylation is 1. The highest BCUT2D eigenvalue weighted by atomic mass is 32.1. The maximum Gasteiger partial charge on any atom is 0.408 e. The quantitative estimate of drug-likeness (QED) is 0.439. The van der Waals surface area contributed by atoms with E-state index in [9.17, 15) is 19.5 Å². The third-order valence-corrected chi connectivity index (χ3v) is 4.84. The van der Waals surface area contributed by atoms with E-state index in [1.54, 1.807) is 53.7 Å². The van der Waals surface area contributed by atoms with Crippen molar-refractivity contribution in [3.05, 3.63) is 29.3 Å². The molecule has 0 bridgehead atoms. The second-order valence-corrected chi connectivity index (χ2v) is 9.70. The average molecular weight is 468 g/mol. The first-order valence-electron chi connectivity index (χ1n) is 10.7. The van der Waals surface area contributed by atoms with Crippen molar-refractivity contribution in [1.82, 2.24) is 15.5 Å². The molecule has 2 unspecified atom stereocenters. The standard InChI is InChI=1S/C23H37N3O5S/c1-13(2)24-20(28)19(16-9-10-18(27)15(5)11-16)26(14(3)4)21(29)17(12-32)25-22(30)31-23(6,7)8/h9-11,13-14,17,19,27,32H,12H2,1-8H3,(H,24,28)(H,25,30). The summed E-state index contributed by atoms with van der Waals surface area (Å²) in [6.45, 7) is 14.2. The zero-order valence-corrected chi connectivity index (χ0v) is 21.1. The predicted molar refractivity (Wildman–Crippen MR) is 128 cm³/mol. The summed E-state index contributed by atoms with van der Waals surface area (Å²) in [5, 5.41) is 15.4. The fourth-order valence-electron chi connectivity index (χ4n) is 3.15. The molecule has 0 aliphatic heterocycles. The molecule has 2 atom stereocenters. The number of thiol groups is 1. The normalized spacial score (nSPS) is 13.5. The molecular formula is C23H37N3O5S. The second kappa shape index (κ2) is 11.4. The molecule has 3 amide bonds. The molecule has 0 heterocycles. The maximum atomic E-state index is 13.6. The van der Waals surface area contributed by atoms with Gasteiger partial charge in [0.2, 0.25) is 11.8 Å². The van der Waals surface area contributed by atoms with Crippen LogP contribution in [0.3, 0.4) is 0 Å². The number of carbonyl (C=O) groups is 3. The Morgan fingerprint density at radius 1 is 1.12 bits per heavy atom. The summed E-state index contributed by atoms with van der Waals surface area (Å²) >= 11 is 4.25. The van der Waals surface area contributed by atoms with Crippen molar-refractivity contribution in [2.45, 2.75) is 85.2 Å². The maximum absolute atomic E-state index is 13.6. The van der Waals surface area contributed by atoms with Crippen LogP contribution in [0.25, 0.3) is 0 Å². The predicted octanol–water partition coefficient (Wildman–Crippen LogP) is 3.33. The molecule has 0 fully saturated rings. The van der Waals surface area contributed by atoms with Crippen molar-refractivity contribution in [3.8, 4) is 5.75 Å². The lowest BCUT2D eigenvalue weighted by atomic mass is 9.99. The number of rotatable bonds is 8. The molecule has 1 aromatic rings. The number of amides is 3. The molecule has 0 saturated heterocycles. The molecule has 0 aliphatic rings. The lowest BCUT2D eigenvalue weighted by Crippen LogP contribution is -2.56. The highest BCUT2D eigenvalue weighted by Gasteiger charge is 2.37. The Balaban J connectivity index is 3.39. The van der Waals surface area contributed by atoms with Gasteiger partial charge in [-0.2, -0.15) is 12.6 Å². The van der Waals surface area contributed by atoms with Gasteiger partial charge in [-0.1, -0.05) is 6.07 Å². The first-order valence-corrected chi connectivity index (χ1v) is 11.3. The Hall–Kier alpha value is -2.42. The first kappa shape index (κ1) is 27.6. The number of nitrogens with zero attached hydrogens (tertiary/aromatic N) is 1. The molecule has 0 radical (unpaired) electrons. The van der Waals surface area contributed by atoms with Crippen LogP contribution in [0.5, 0.6) is 5.75 Å². The minimum absolute atomic E-state index is 0.0222. The van der Waals surface area contributed by atoms with E-state index in [0.717, 1.165) is 0 Å². The summed E-state index contributed by atoms with van der Waals surface area (Å²) < 4.78 is 5.27. The van der Waals surface area contributed by atoms with E-state index in [1.807, 2.05) is 13.8 Å². The SMILES string of the molecule is Cc1cc(C(C(=O)NC(C)C)N(C(=O)C(CS)NC(=O)OC(C)(C)C)C(C)C)ccc1O. The minimum Gasteiger partial charge on any atom is -0.508 e. The smallest absolute Gasteiger partial charge is 0.408 e. The zero-order valence-electron chi connectivity index (χ0n) is 20.2. The van der Waals surface area contributed by atoms with Gasteiger partial charge in [0.25, 0.3) is 0 Å². The third kappa shape index (κ3) is 7.93. The Labute approximate surface area is 196 Å². The number of aromatic hydroxyl groups is 1. The summed E-state index contributed by atoms with van der Waals surface area (Å²) in [5.41, 5.74) is 0.407. The van der Waals surface area contributed by atoms with Gasteiger partial charge in [0.15, 0.2) is 0 Å². The Kier molecular flexibility index (Phi) is 9.88. The summed E-state index contributed by atoms with van der Waals surface area (Å²) in [6.07, 6.45) is -0.739. The highest BCUT2D eigenvalue weighted by molar-refractivity contribution is 7.80. The van der Waals surface area contributed by atoms with Crippen LogP contribution in [0.15, 0.2) is 18.2 Å². The number of hydrogen-bond acceptors (Lipinski definition) is 6. The van der Waals surface area contributed by atoms with Gasteiger partial charge in [0.1, 0.15) is 23.4 Å². The topological polar surface area (TPSA) is 108 Å². The molecule has 0 aromatic heterocycles. The van der Waals surface area contributed by atoms with Crippen LogP contribution in [-0.2, 0) is 14.3 Å². The van der Waals surface area contributed by atoms with Gasteiger partial charge in [0.05, 0.1) is 0 Å². The van der Waals surface area contributed by atoms with E-state index in [1.165, 1.54) is 11.0 Å². The number of benzene rings is 1. The minimum atomic E-state index is -0.997. The molecule has 1 aromatic carbocycles. The third-order valence-electron chi connectivity index (χ3n) is 4.48. The molecule has 0 aliphatic carbocycles. The summed E-state index contributed by atoms with van der Waals surface area (Å²) in [4.78, 5) is 40.5. The number of carbonyl (C=O) groups excluding carboxylic acids is 3.